The maximum atomic E-state index is 10.4. The van der Waals surface area contributed by atoms with E-state index in [-0.39, 0.29) is 6.42 Å². The molecule has 4 heteroatoms. The van der Waals surface area contributed by atoms with Gasteiger partial charge >= 0.3 is 5.97 Å². The van der Waals surface area contributed by atoms with Crippen molar-refractivity contribution < 1.29 is 14.6 Å². The summed E-state index contributed by atoms with van der Waals surface area (Å²) in [4.78, 5) is 13.5. The third-order valence-electron chi connectivity index (χ3n) is 2.34. The van der Waals surface area contributed by atoms with Crippen molar-refractivity contribution in [2.24, 2.45) is 0 Å². The van der Waals surface area contributed by atoms with E-state index in [2.05, 4.69) is 4.98 Å². The Hall–Kier alpha value is -1.45. The van der Waals surface area contributed by atoms with Crippen molar-refractivity contribution in [3.05, 3.63) is 16.8 Å². The van der Waals surface area contributed by atoms with E-state index in [9.17, 15) is 4.79 Å². The van der Waals surface area contributed by atoms with Crippen LogP contribution in [0.4, 0.5) is 0 Å². The van der Waals surface area contributed by atoms with Crippen molar-refractivity contribution >= 4 is 5.97 Å². The molecule has 0 spiro atoms. The highest BCUT2D eigenvalue weighted by molar-refractivity contribution is 5.67. The summed E-state index contributed by atoms with van der Waals surface area (Å²) in [6.45, 7) is 3.85. The van der Waals surface area contributed by atoms with Gasteiger partial charge in [-0.05, 0) is 25.8 Å². The molecule has 1 rings (SSSR count). The Balaban J connectivity index is 2.85. The number of carboxylic acids is 1. The Kier molecular flexibility index (Phi) is 3.17. The van der Waals surface area contributed by atoms with Crippen LogP contribution in [0.2, 0.25) is 0 Å². The lowest BCUT2D eigenvalue weighted by Crippen LogP contribution is -1.98. The zero-order valence-electron chi connectivity index (χ0n) is 8.68. The fourth-order valence-electron chi connectivity index (χ4n) is 1.57. The molecule has 0 aliphatic rings. The lowest BCUT2D eigenvalue weighted by molar-refractivity contribution is -0.136. The van der Waals surface area contributed by atoms with E-state index in [1.54, 1.807) is 7.11 Å². The summed E-state index contributed by atoms with van der Waals surface area (Å²) in [6, 6.07) is 0. The largest absolute Gasteiger partial charge is 0.482 e. The lowest BCUT2D eigenvalue weighted by atomic mass is 10.1. The molecule has 0 bridgehead atoms. The van der Waals surface area contributed by atoms with Crippen molar-refractivity contribution in [1.29, 1.82) is 0 Å². The van der Waals surface area contributed by atoms with Gasteiger partial charge in [0.25, 0.3) is 0 Å². The average Bonchev–Trinajstić information content (AvgIpc) is 2.39. The Bertz CT molecular complexity index is 341. The van der Waals surface area contributed by atoms with Crippen molar-refractivity contribution in [3.8, 4) is 5.88 Å². The first-order chi connectivity index (χ1) is 6.56. The molecule has 0 saturated heterocycles. The molecule has 1 aromatic rings. The number of aliphatic carboxylic acids is 1. The van der Waals surface area contributed by atoms with Crippen molar-refractivity contribution in [2.75, 3.05) is 7.11 Å². The molecule has 1 aromatic heterocycles. The van der Waals surface area contributed by atoms with E-state index in [0.717, 1.165) is 22.7 Å². The topological polar surface area (TPSA) is 62.3 Å². The van der Waals surface area contributed by atoms with Gasteiger partial charge in [-0.25, -0.2) is 0 Å². The highest BCUT2D eigenvalue weighted by Crippen LogP contribution is 2.24. The van der Waals surface area contributed by atoms with Gasteiger partial charge in [0.2, 0.25) is 0 Å². The molecule has 78 valence electrons. The van der Waals surface area contributed by atoms with Crippen LogP contribution >= 0.6 is 0 Å². The van der Waals surface area contributed by atoms with E-state index in [1.165, 1.54) is 0 Å². The minimum absolute atomic E-state index is 0.155. The van der Waals surface area contributed by atoms with Crippen LogP contribution < -0.4 is 4.74 Å². The maximum absolute atomic E-state index is 10.4. The van der Waals surface area contributed by atoms with Crippen molar-refractivity contribution in [2.45, 2.75) is 26.7 Å². The molecule has 0 atom stereocenters. The first-order valence-electron chi connectivity index (χ1n) is 4.50. The van der Waals surface area contributed by atoms with E-state index < -0.39 is 5.97 Å². The monoisotopic (exact) mass is 197 g/mol. The molecule has 14 heavy (non-hydrogen) atoms. The number of H-pyrrole nitrogens is 1. The number of rotatable bonds is 4. The second-order valence-corrected chi connectivity index (χ2v) is 3.28. The van der Waals surface area contributed by atoms with Gasteiger partial charge in [0, 0.05) is 17.7 Å². The van der Waals surface area contributed by atoms with Crippen LogP contribution in [0.3, 0.4) is 0 Å². The molecule has 0 unspecified atom stereocenters. The summed E-state index contributed by atoms with van der Waals surface area (Å²) in [5, 5.41) is 8.58. The lowest BCUT2D eigenvalue weighted by Gasteiger charge is -1.99. The number of ether oxygens (including phenoxy) is 1. The summed E-state index contributed by atoms with van der Waals surface area (Å²) >= 11 is 0. The number of methoxy groups -OCH3 is 1. The van der Waals surface area contributed by atoms with E-state index in [1.807, 2.05) is 13.8 Å². The molecule has 1 heterocycles. The van der Waals surface area contributed by atoms with Gasteiger partial charge in [0.1, 0.15) is 0 Å². The highest BCUT2D eigenvalue weighted by Gasteiger charge is 2.12. The zero-order chi connectivity index (χ0) is 10.7. The first kappa shape index (κ1) is 10.6. The molecule has 0 fully saturated rings. The van der Waals surface area contributed by atoms with E-state index in [4.69, 9.17) is 9.84 Å². The van der Waals surface area contributed by atoms with Gasteiger partial charge in [0.05, 0.1) is 7.11 Å². The Morgan fingerprint density at radius 1 is 1.50 bits per heavy atom. The number of nitrogens with one attached hydrogen (secondary N) is 1. The van der Waals surface area contributed by atoms with Crippen LogP contribution in [0.25, 0.3) is 0 Å². The minimum Gasteiger partial charge on any atom is -0.482 e. The van der Waals surface area contributed by atoms with Crippen molar-refractivity contribution in [1.82, 2.24) is 4.98 Å². The van der Waals surface area contributed by atoms with Gasteiger partial charge in [0.15, 0.2) is 5.88 Å². The van der Waals surface area contributed by atoms with Crippen LogP contribution in [0, 0.1) is 13.8 Å². The molecule has 0 aliphatic carbocycles. The molecule has 0 radical (unpaired) electrons. The zero-order valence-corrected chi connectivity index (χ0v) is 8.68. The number of aromatic amines is 1. The normalized spacial score (nSPS) is 10.2. The predicted molar refractivity (Wildman–Crippen MR) is 52.8 cm³/mol. The molecule has 0 aromatic carbocycles. The summed E-state index contributed by atoms with van der Waals surface area (Å²) in [5.41, 5.74) is 3.04. The average molecular weight is 197 g/mol. The van der Waals surface area contributed by atoms with E-state index >= 15 is 0 Å². The minimum atomic E-state index is -0.774. The Labute approximate surface area is 82.9 Å². The van der Waals surface area contributed by atoms with Crippen molar-refractivity contribution in [3.63, 3.8) is 0 Å². The molecule has 2 N–H and O–H groups in total. The smallest absolute Gasteiger partial charge is 0.303 e. The summed E-state index contributed by atoms with van der Waals surface area (Å²) in [6.07, 6.45) is 0.704. The van der Waals surface area contributed by atoms with Gasteiger partial charge in [-0.3, -0.25) is 4.79 Å². The third kappa shape index (κ3) is 2.07. The third-order valence-corrected chi connectivity index (χ3v) is 2.34. The first-order valence-corrected chi connectivity index (χ1v) is 4.50. The molecule has 0 amide bonds. The molecular formula is C10H15NO3. The SMILES string of the molecule is COc1[nH]c(C)c(CCC(=O)O)c1C. The van der Waals surface area contributed by atoms with Crippen LogP contribution in [-0.2, 0) is 11.2 Å². The Morgan fingerprint density at radius 3 is 2.57 bits per heavy atom. The second kappa shape index (κ2) is 4.17. The van der Waals surface area contributed by atoms with Gasteiger partial charge in [-0.1, -0.05) is 0 Å². The number of aryl methyl sites for hydroxylation is 1. The number of hydrogen-bond acceptors (Lipinski definition) is 2. The van der Waals surface area contributed by atoms with E-state index in [0.29, 0.717) is 6.42 Å². The molecular weight excluding hydrogens is 182 g/mol. The summed E-state index contributed by atoms with van der Waals surface area (Å²) < 4.78 is 5.11. The predicted octanol–water partition coefficient (Wildman–Crippen LogP) is 1.66. The molecule has 0 saturated carbocycles. The maximum Gasteiger partial charge on any atom is 0.303 e. The van der Waals surface area contributed by atoms with Crippen LogP contribution in [-0.4, -0.2) is 23.2 Å². The summed E-state index contributed by atoms with van der Waals surface area (Å²) in [5.74, 6) is -0.0492. The standard InChI is InChI=1S/C10H15NO3/c1-6-8(4-5-9(12)13)7(2)11-10(6)14-3/h11H,4-5H2,1-3H3,(H,12,13). The fourth-order valence-corrected chi connectivity index (χ4v) is 1.57. The van der Waals surface area contributed by atoms with Gasteiger partial charge < -0.3 is 14.8 Å². The molecule has 0 aliphatic heterocycles. The Morgan fingerprint density at radius 2 is 2.14 bits per heavy atom. The van der Waals surface area contributed by atoms with Crippen LogP contribution in [0.1, 0.15) is 23.2 Å². The number of aromatic nitrogens is 1. The quantitative estimate of drug-likeness (QED) is 0.771. The van der Waals surface area contributed by atoms with Gasteiger partial charge in [-0.15, -0.1) is 0 Å². The van der Waals surface area contributed by atoms with Gasteiger partial charge in [-0.2, -0.15) is 0 Å². The number of carboxylic acid groups (broad SMARTS) is 1. The number of carbonyl (C=O) groups is 1. The molecule has 4 nitrogen and oxygen atoms in total. The number of hydrogen-bond donors (Lipinski definition) is 2. The fraction of sp³-hybridized carbons (Fsp3) is 0.500. The van der Waals surface area contributed by atoms with Crippen LogP contribution in [0.5, 0.6) is 5.88 Å². The van der Waals surface area contributed by atoms with Crippen LogP contribution in [0.15, 0.2) is 0 Å². The second-order valence-electron chi connectivity index (χ2n) is 3.28. The summed E-state index contributed by atoms with van der Waals surface area (Å²) in [7, 11) is 1.60. The highest BCUT2D eigenvalue weighted by atomic mass is 16.5.